The van der Waals surface area contributed by atoms with Crippen LogP contribution in [0.15, 0.2) is 53.9 Å². The Kier molecular flexibility index (Phi) is 9.45. The zero-order chi connectivity index (χ0) is 26.9. The summed E-state index contributed by atoms with van der Waals surface area (Å²) in [5.41, 5.74) is 1.29. The number of carbonyl (C=O) groups excluding carboxylic acids is 2. The van der Waals surface area contributed by atoms with E-state index in [4.69, 9.17) is 23.7 Å². The first-order chi connectivity index (χ1) is 18.5. The van der Waals surface area contributed by atoms with E-state index in [1.165, 1.54) is 14.2 Å². The van der Waals surface area contributed by atoms with Crippen molar-refractivity contribution in [1.29, 1.82) is 0 Å². The van der Waals surface area contributed by atoms with E-state index in [9.17, 15) is 9.59 Å². The second-order valence-corrected chi connectivity index (χ2v) is 9.72. The molecule has 0 saturated carbocycles. The molecule has 38 heavy (non-hydrogen) atoms. The Morgan fingerprint density at radius 3 is 2.37 bits per heavy atom. The molecule has 4 rings (SSSR count). The van der Waals surface area contributed by atoms with Gasteiger partial charge in [-0.25, -0.2) is 0 Å². The summed E-state index contributed by atoms with van der Waals surface area (Å²) in [7, 11) is 4.67. The first-order valence-electron chi connectivity index (χ1n) is 12.2. The van der Waals surface area contributed by atoms with Crippen LogP contribution in [0.3, 0.4) is 0 Å². The Morgan fingerprint density at radius 2 is 1.68 bits per heavy atom. The zero-order valence-electron chi connectivity index (χ0n) is 21.8. The lowest BCUT2D eigenvalue weighted by molar-refractivity contribution is -0.133. The van der Waals surface area contributed by atoms with Crippen molar-refractivity contribution in [1.82, 2.24) is 9.80 Å². The van der Waals surface area contributed by atoms with E-state index < -0.39 is 0 Å². The Hall–Kier alpha value is -3.76. The molecule has 0 N–H and O–H groups in total. The first-order valence-corrected chi connectivity index (χ1v) is 13.1. The topological polar surface area (TPSA) is 86.8 Å². The van der Waals surface area contributed by atoms with Crippen molar-refractivity contribution in [2.45, 2.75) is 19.5 Å². The van der Waals surface area contributed by atoms with Gasteiger partial charge in [-0.2, -0.15) is 0 Å². The Balaban J connectivity index is 1.56. The molecule has 0 aliphatic carbocycles. The molecule has 1 aliphatic heterocycles. The number of fused-ring (bicyclic) bond motifs is 1. The summed E-state index contributed by atoms with van der Waals surface area (Å²) < 4.78 is 26.8. The molecule has 0 atom stereocenters. The third-order valence-electron chi connectivity index (χ3n) is 6.08. The summed E-state index contributed by atoms with van der Waals surface area (Å²) in [6, 6.07) is 14.6. The van der Waals surface area contributed by atoms with Crippen LogP contribution in [0, 0.1) is 0 Å². The number of hydrogen-bond acceptors (Lipinski definition) is 8. The number of nitrogens with zero attached hydrogens (tertiary/aromatic N) is 2. The van der Waals surface area contributed by atoms with Gasteiger partial charge in [-0.1, -0.05) is 12.1 Å². The van der Waals surface area contributed by atoms with E-state index in [1.807, 2.05) is 35.7 Å². The maximum Gasteiger partial charge on any atom is 0.254 e. The highest BCUT2D eigenvalue weighted by Gasteiger charge is 2.24. The van der Waals surface area contributed by atoms with Crippen LogP contribution in [0.25, 0.3) is 0 Å². The van der Waals surface area contributed by atoms with Gasteiger partial charge in [0.2, 0.25) is 12.7 Å². The van der Waals surface area contributed by atoms with Gasteiger partial charge in [-0.3, -0.25) is 9.59 Å². The fourth-order valence-electron chi connectivity index (χ4n) is 4.11. The predicted octanol–water partition coefficient (Wildman–Crippen LogP) is 4.20. The number of rotatable bonds is 13. The molecule has 1 aromatic heterocycles. The second kappa shape index (κ2) is 13.2. The molecule has 0 saturated heterocycles. The van der Waals surface area contributed by atoms with Crippen molar-refractivity contribution in [3.63, 3.8) is 0 Å². The van der Waals surface area contributed by atoms with Gasteiger partial charge >= 0.3 is 0 Å². The summed E-state index contributed by atoms with van der Waals surface area (Å²) in [4.78, 5) is 31.7. The van der Waals surface area contributed by atoms with Gasteiger partial charge in [0.15, 0.2) is 11.5 Å². The molecule has 2 aromatic carbocycles. The second-order valence-electron chi connectivity index (χ2n) is 8.69. The fraction of sp³-hybridized carbons (Fsp3) is 0.357. The number of ether oxygens (including phenoxy) is 5. The number of carbonyl (C=O) groups is 2. The molecule has 0 fully saturated rings. The van der Waals surface area contributed by atoms with Crippen molar-refractivity contribution in [3.05, 3.63) is 69.9 Å². The van der Waals surface area contributed by atoms with Gasteiger partial charge < -0.3 is 33.5 Å². The SMILES string of the molecule is COCCCN(CC(=O)N(Cc1ccc2c(c1)OCO2)Cc1cccs1)C(=O)c1cc(OC)cc(OC)c1. The van der Waals surface area contributed by atoms with E-state index in [0.717, 1.165) is 10.4 Å². The van der Waals surface area contributed by atoms with E-state index in [-0.39, 0.29) is 25.2 Å². The van der Waals surface area contributed by atoms with Gasteiger partial charge in [0.05, 0.1) is 20.8 Å². The van der Waals surface area contributed by atoms with Crippen LogP contribution in [-0.4, -0.2) is 69.4 Å². The van der Waals surface area contributed by atoms with Crippen molar-refractivity contribution < 1.29 is 33.3 Å². The van der Waals surface area contributed by atoms with Crippen LogP contribution >= 0.6 is 11.3 Å². The van der Waals surface area contributed by atoms with Gasteiger partial charge in [0.25, 0.3) is 5.91 Å². The van der Waals surface area contributed by atoms with Gasteiger partial charge in [0, 0.05) is 43.3 Å². The van der Waals surface area contributed by atoms with Gasteiger partial charge in [-0.15, -0.1) is 11.3 Å². The molecular weight excluding hydrogens is 508 g/mol. The standard InChI is InChI=1S/C28H32N2O7S/c1-33-10-5-9-29(28(32)21-13-22(34-2)15-23(14-21)35-3)18-27(31)30(17-24-6-4-11-38-24)16-20-7-8-25-26(12-20)37-19-36-25/h4,6-8,11-15H,5,9-10,16-19H2,1-3H3. The molecule has 2 amide bonds. The third-order valence-corrected chi connectivity index (χ3v) is 6.94. The number of hydrogen-bond donors (Lipinski definition) is 0. The first kappa shape index (κ1) is 27.3. The maximum absolute atomic E-state index is 13.7. The molecular formula is C28H32N2O7S. The number of methoxy groups -OCH3 is 3. The number of amides is 2. The molecule has 0 radical (unpaired) electrons. The molecule has 10 heteroatoms. The number of thiophene rings is 1. The molecule has 2 heterocycles. The lowest BCUT2D eigenvalue weighted by Crippen LogP contribution is -2.43. The monoisotopic (exact) mass is 540 g/mol. The number of benzene rings is 2. The minimum absolute atomic E-state index is 0.0853. The van der Waals surface area contributed by atoms with Crippen molar-refractivity contribution in [2.75, 3.05) is 47.8 Å². The van der Waals surface area contributed by atoms with Crippen molar-refractivity contribution >= 4 is 23.2 Å². The average Bonchev–Trinajstić information content (AvgIpc) is 3.63. The van der Waals surface area contributed by atoms with E-state index in [2.05, 4.69) is 0 Å². The Bertz CT molecular complexity index is 1210. The van der Waals surface area contributed by atoms with Crippen LogP contribution < -0.4 is 18.9 Å². The highest BCUT2D eigenvalue weighted by atomic mass is 32.1. The predicted molar refractivity (Wildman–Crippen MR) is 143 cm³/mol. The van der Waals surface area contributed by atoms with Crippen LogP contribution in [0.5, 0.6) is 23.0 Å². The fourth-order valence-corrected chi connectivity index (χ4v) is 4.83. The van der Waals surface area contributed by atoms with Crippen molar-refractivity contribution in [2.24, 2.45) is 0 Å². The summed E-state index contributed by atoms with van der Waals surface area (Å²) in [6.45, 7) is 1.71. The molecule has 0 unspecified atom stereocenters. The minimum Gasteiger partial charge on any atom is -0.497 e. The van der Waals surface area contributed by atoms with Crippen molar-refractivity contribution in [3.8, 4) is 23.0 Å². The smallest absolute Gasteiger partial charge is 0.254 e. The van der Waals surface area contributed by atoms with Crippen LogP contribution in [0.2, 0.25) is 0 Å². The molecule has 3 aromatic rings. The maximum atomic E-state index is 13.7. The van der Waals surface area contributed by atoms with Gasteiger partial charge in [0.1, 0.15) is 18.0 Å². The summed E-state index contributed by atoms with van der Waals surface area (Å²) >= 11 is 1.58. The highest BCUT2D eigenvalue weighted by molar-refractivity contribution is 7.09. The van der Waals surface area contributed by atoms with E-state index in [1.54, 1.807) is 46.4 Å². The summed E-state index contributed by atoms with van der Waals surface area (Å²) in [5.74, 6) is 1.89. The van der Waals surface area contributed by atoms with Crippen LogP contribution in [0.1, 0.15) is 27.2 Å². The lowest BCUT2D eigenvalue weighted by atomic mass is 10.1. The third kappa shape index (κ3) is 6.96. The largest absolute Gasteiger partial charge is 0.497 e. The quantitative estimate of drug-likeness (QED) is 0.300. The van der Waals surface area contributed by atoms with E-state index in [0.29, 0.717) is 61.2 Å². The normalized spacial score (nSPS) is 11.8. The van der Waals surface area contributed by atoms with Gasteiger partial charge in [-0.05, 0) is 47.7 Å². The van der Waals surface area contributed by atoms with E-state index >= 15 is 0 Å². The molecule has 1 aliphatic rings. The molecule has 0 bridgehead atoms. The average molecular weight is 541 g/mol. The Morgan fingerprint density at radius 1 is 0.921 bits per heavy atom. The molecule has 9 nitrogen and oxygen atoms in total. The Labute approximate surface area is 226 Å². The molecule has 0 spiro atoms. The molecule has 202 valence electrons. The zero-order valence-corrected chi connectivity index (χ0v) is 22.6. The summed E-state index contributed by atoms with van der Waals surface area (Å²) in [6.07, 6.45) is 0.587. The lowest BCUT2D eigenvalue weighted by Gasteiger charge is -2.28. The summed E-state index contributed by atoms with van der Waals surface area (Å²) in [5, 5.41) is 1.98. The highest BCUT2D eigenvalue weighted by Crippen LogP contribution is 2.33. The minimum atomic E-state index is -0.286. The van der Waals surface area contributed by atoms with Crippen LogP contribution in [0.4, 0.5) is 0 Å². The van der Waals surface area contributed by atoms with Crippen LogP contribution in [-0.2, 0) is 22.6 Å².